The van der Waals surface area contributed by atoms with Gasteiger partial charge in [-0.25, -0.2) is 0 Å². The summed E-state index contributed by atoms with van der Waals surface area (Å²) in [5.74, 6) is 0. The minimum atomic E-state index is -3.57. The van der Waals surface area contributed by atoms with E-state index in [-0.39, 0.29) is 0 Å². The van der Waals surface area contributed by atoms with Gasteiger partial charge in [-0.15, -0.1) is 0 Å². The number of hydrogen-bond acceptors (Lipinski definition) is 3. The lowest BCUT2D eigenvalue weighted by Crippen LogP contribution is -2.34. The molecule has 1 aliphatic carbocycles. The quantitative estimate of drug-likeness (QED) is 0.480. The van der Waals surface area contributed by atoms with E-state index in [0.717, 1.165) is 16.5 Å². The van der Waals surface area contributed by atoms with Crippen molar-refractivity contribution in [3.8, 4) is 0 Å². The Bertz CT molecular complexity index is 593. The van der Waals surface area contributed by atoms with Crippen LogP contribution in [-0.4, -0.2) is 38.9 Å². The molecule has 0 radical (unpaired) electrons. The summed E-state index contributed by atoms with van der Waals surface area (Å²) in [4.78, 5) is 0. The molecular formula is C13H19ClIN3O2S. The lowest BCUT2D eigenvalue weighted by Gasteiger charge is -2.19. The monoisotopic (exact) mass is 443 g/mol. The fourth-order valence-corrected chi connectivity index (χ4v) is 3.74. The van der Waals surface area contributed by atoms with Crippen LogP contribution in [0.1, 0.15) is 19.3 Å². The Labute approximate surface area is 144 Å². The predicted molar refractivity (Wildman–Crippen MR) is 95.0 cm³/mol. The molecule has 0 aliphatic heterocycles. The molecule has 0 saturated heterocycles. The first-order valence-electron chi connectivity index (χ1n) is 6.81. The first-order chi connectivity index (χ1) is 9.88. The molecule has 1 fully saturated rings. The van der Waals surface area contributed by atoms with Crippen molar-refractivity contribution in [2.75, 3.05) is 24.9 Å². The minimum absolute atomic E-state index is 0.397. The van der Waals surface area contributed by atoms with Crippen LogP contribution in [-0.2, 0) is 10.2 Å². The lowest BCUT2D eigenvalue weighted by molar-refractivity contribution is 0.458. The molecule has 21 heavy (non-hydrogen) atoms. The highest BCUT2D eigenvalue weighted by molar-refractivity contribution is 14.1. The molecule has 1 aromatic carbocycles. The van der Waals surface area contributed by atoms with Crippen LogP contribution in [0.2, 0.25) is 5.02 Å². The third-order valence-corrected chi connectivity index (χ3v) is 5.71. The van der Waals surface area contributed by atoms with Gasteiger partial charge >= 0.3 is 10.2 Å². The van der Waals surface area contributed by atoms with E-state index in [1.54, 1.807) is 19.2 Å². The number of nitrogens with one attached hydrogen (secondary N) is 2. The fraction of sp³-hybridized carbons (Fsp3) is 0.538. The van der Waals surface area contributed by atoms with Crippen molar-refractivity contribution >= 4 is 50.1 Å². The molecule has 1 aliphatic rings. The van der Waals surface area contributed by atoms with E-state index in [4.69, 9.17) is 11.6 Å². The van der Waals surface area contributed by atoms with Crippen LogP contribution in [0.4, 0.5) is 5.69 Å². The molecule has 8 heteroatoms. The van der Waals surface area contributed by atoms with Gasteiger partial charge in [-0.2, -0.15) is 12.7 Å². The molecule has 0 atom stereocenters. The van der Waals surface area contributed by atoms with Gasteiger partial charge in [0.1, 0.15) is 0 Å². The van der Waals surface area contributed by atoms with Crippen molar-refractivity contribution in [2.24, 2.45) is 0 Å². The summed E-state index contributed by atoms with van der Waals surface area (Å²) in [7, 11) is -2.00. The fourth-order valence-electron chi connectivity index (χ4n) is 1.80. The number of rotatable bonds is 8. The highest BCUT2D eigenvalue weighted by Crippen LogP contribution is 2.25. The Morgan fingerprint density at radius 2 is 2.14 bits per heavy atom. The average molecular weight is 444 g/mol. The molecule has 2 N–H and O–H groups in total. The second-order valence-electron chi connectivity index (χ2n) is 5.13. The smallest absolute Gasteiger partial charge is 0.301 e. The third-order valence-electron chi connectivity index (χ3n) is 3.24. The highest BCUT2D eigenvalue weighted by atomic mass is 127. The van der Waals surface area contributed by atoms with E-state index in [2.05, 4.69) is 32.6 Å². The molecule has 0 spiro atoms. The van der Waals surface area contributed by atoms with Crippen molar-refractivity contribution in [1.82, 2.24) is 9.62 Å². The first-order valence-corrected chi connectivity index (χ1v) is 9.70. The highest BCUT2D eigenvalue weighted by Gasteiger charge is 2.21. The molecule has 0 heterocycles. The summed E-state index contributed by atoms with van der Waals surface area (Å²) in [6.45, 7) is 1.31. The molecule has 1 saturated carbocycles. The zero-order valence-corrected chi connectivity index (χ0v) is 15.5. The summed E-state index contributed by atoms with van der Waals surface area (Å²) in [5, 5.41) is 3.76. The SMILES string of the molecule is CN(CCCNC1CC1)S(=O)(=O)Nc1ccc(I)cc1Cl. The van der Waals surface area contributed by atoms with Gasteiger partial charge in [0.2, 0.25) is 0 Å². The Hall–Kier alpha value is -0.0900. The lowest BCUT2D eigenvalue weighted by atomic mass is 10.3. The van der Waals surface area contributed by atoms with E-state index in [0.29, 0.717) is 23.3 Å². The van der Waals surface area contributed by atoms with Crippen molar-refractivity contribution in [2.45, 2.75) is 25.3 Å². The minimum Gasteiger partial charge on any atom is -0.314 e. The van der Waals surface area contributed by atoms with Crippen LogP contribution in [0, 0.1) is 3.57 Å². The number of nitrogens with zero attached hydrogens (tertiary/aromatic N) is 1. The molecule has 0 bridgehead atoms. The molecule has 5 nitrogen and oxygen atoms in total. The normalized spacial score (nSPS) is 15.4. The van der Waals surface area contributed by atoms with Gasteiger partial charge in [-0.3, -0.25) is 4.72 Å². The summed E-state index contributed by atoms with van der Waals surface area (Å²) < 4.78 is 29.2. The van der Waals surface area contributed by atoms with Crippen molar-refractivity contribution in [3.63, 3.8) is 0 Å². The summed E-state index contributed by atoms with van der Waals surface area (Å²) in [6.07, 6.45) is 3.26. The van der Waals surface area contributed by atoms with E-state index in [1.165, 1.54) is 17.1 Å². The van der Waals surface area contributed by atoms with E-state index >= 15 is 0 Å². The van der Waals surface area contributed by atoms with E-state index in [1.807, 2.05) is 6.07 Å². The Balaban J connectivity index is 1.86. The van der Waals surface area contributed by atoms with Crippen LogP contribution < -0.4 is 10.0 Å². The molecular weight excluding hydrogens is 425 g/mol. The van der Waals surface area contributed by atoms with Crippen LogP contribution in [0.3, 0.4) is 0 Å². The van der Waals surface area contributed by atoms with Gasteiger partial charge in [-0.05, 0) is 66.6 Å². The third kappa shape index (κ3) is 5.55. The molecule has 0 aromatic heterocycles. The number of halogens is 2. The van der Waals surface area contributed by atoms with Crippen LogP contribution in [0.15, 0.2) is 18.2 Å². The van der Waals surface area contributed by atoms with Crippen LogP contribution in [0.5, 0.6) is 0 Å². The summed E-state index contributed by atoms with van der Waals surface area (Å²) >= 11 is 8.18. The van der Waals surface area contributed by atoms with Gasteiger partial charge < -0.3 is 5.32 Å². The largest absolute Gasteiger partial charge is 0.314 e. The van der Waals surface area contributed by atoms with Gasteiger partial charge in [0.05, 0.1) is 10.7 Å². The van der Waals surface area contributed by atoms with E-state index in [9.17, 15) is 8.42 Å². The summed E-state index contributed by atoms with van der Waals surface area (Å²) in [6, 6.07) is 5.85. The predicted octanol–water partition coefficient (Wildman–Crippen LogP) is 2.68. The van der Waals surface area contributed by atoms with Crippen LogP contribution in [0.25, 0.3) is 0 Å². The zero-order chi connectivity index (χ0) is 15.5. The Morgan fingerprint density at radius 1 is 1.43 bits per heavy atom. The number of anilines is 1. The molecule has 118 valence electrons. The topological polar surface area (TPSA) is 61.4 Å². The maximum absolute atomic E-state index is 12.2. The Morgan fingerprint density at radius 3 is 2.76 bits per heavy atom. The standard InChI is InChI=1S/C13H19ClIN3O2S/c1-18(8-2-7-16-11-4-5-11)21(19,20)17-13-6-3-10(15)9-12(13)14/h3,6,9,11,16-17H,2,4-5,7-8H2,1H3. The number of hydrogen-bond donors (Lipinski definition) is 2. The van der Waals surface area contributed by atoms with Crippen molar-refractivity contribution < 1.29 is 8.42 Å². The second-order valence-corrected chi connectivity index (χ2v) is 8.57. The molecule has 0 amide bonds. The maximum Gasteiger partial charge on any atom is 0.301 e. The van der Waals surface area contributed by atoms with Crippen molar-refractivity contribution in [3.05, 3.63) is 26.8 Å². The van der Waals surface area contributed by atoms with Gasteiger partial charge in [-0.1, -0.05) is 11.6 Å². The van der Waals surface area contributed by atoms with Crippen molar-refractivity contribution in [1.29, 1.82) is 0 Å². The van der Waals surface area contributed by atoms with Crippen LogP contribution >= 0.6 is 34.2 Å². The molecule has 2 rings (SSSR count). The Kier molecular flexibility index (Phi) is 6.13. The van der Waals surface area contributed by atoms with Gasteiger partial charge in [0, 0.05) is 23.2 Å². The number of benzene rings is 1. The van der Waals surface area contributed by atoms with Gasteiger partial charge in [0.15, 0.2) is 0 Å². The van der Waals surface area contributed by atoms with Gasteiger partial charge in [0.25, 0.3) is 0 Å². The first kappa shape index (κ1) is 17.3. The zero-order valence-electron chi connectivity index (χ0n) is 11.8. The second kappa shape index (κ2) is 7.45. The van der Waals surface area contributed by atoms with E-state index < -0.39 is 10.2 Å². The summed E-state index contributed by atoms with van der Waals surface area (Å²) in [5.41, 5.74) is 0.403. The molecule has 0 unspecified atom stereocenters. The molecule has 1 aromatic rings. The average Bonchev–Trinajstić information content (AvgIpc) is 3.22. The maximum atomic E-state index is 12.2.